The van der Waals surface area contributed by atoms with E-state index < -0.39 is 10.0 Å². The second-order valence-electron chi connectivity index (χ2n) is 7.16. The number of hydrogen-bond donors (Lipinski definition) is 2. The number of sulfonamides is 1. The fraction of sp³-hybridized carbons (Fsp3) is 0.400. The highest BCUT2D eigenvalue weighted by Gasteiger charge is 2.23. The van der Waals surface area contributed by atoms with Gasteiger partial charge in [-0.05, 0) is 55.2 Å². The zero-order chi connectivity index (χ0) is 20.9. The first kappa shape index (κ1) is 21.9. The Kier molecular flexibility index (Phi) is 7.42. The minimum Gasteiger partial charge on any atom is -0.455 e. The van der Waals surface area contributed by atoms with Crippen molar-refractivity contribution in [2.24, 2.45) is 10.3 Å². The zero-order valence-corrected chi connectivity index (χ0v) is 18.1. The first-order chi connectivity index (χ1) is 13.9. The molecule has 1 aliphatic heterocycles. The first-order valence-corrected chi connectivity index (χ1v) is 12.2. The molecule has 158 valence electrons. The molecule has 0 amide bonds. The van der Waals surface area contributed by atoms with Crippen LogP contribution in [0.25, 0.3) is 0 Å². The van der Waals surface area contributed by atoms with Gasteiger partial charge in [-0.15, -0.1) is 0 Å². The minimum atomic E-state index is -3.75. The Morgan fingerprint density at radius 1 is 1.17 bits per heavy atom. The van der Waals surface area contributed by atoms with Gasteiger partial charge in [-0.2, -0.15) is 0 Å². The van der Waals surface area contributed by atoms with Gasteiger partial charge >= 0.3 is 0 Å². The molecule has 0 bridgehead atoms. The molecule has 4 N–H and O–H groups in total. The smallest absolute Gasteiger partial charge is 0.213 e. The molecular weight excluding hydrogens is 410 g/mol. The first-order valence-electron chi connectivity index (χ1n) is 9.41. The van der Waals surface area contributed by atoms with Crippen LogP contribution in [0.2, 0.25) is 0 Å². The molecule has 2 aromatic rings. The average Bonchev–Trinajstić information content (AvgIpc) is 3.17. The number of nitrogens with zero attached hydrogens (tertiary/aromatic N) is 1. The molecule has 0 unspecified atom stereocenters. The van der Waals surface area contributed by atoms with Gasteiger partial charge in [0.2, 0.25) is 10.0 Å². The number of aryl methyl sites for hydroxylation is 1. The summed E-state index contributed by atoms with van der Waals surface area (Å²) in [5.74, 6) is 1.23. The molecule has 0 spiro atoms. The van der Waals surface area contributed by atoms with Crippen molar-refractivity contribution in [3.63, 3.8) is 0 Å². The number of rotatable bonds is 9. The summed E-state index contributed by atoms with van der Waals surface area (Å²) in [5.41, 5.74) is 3.31. The summed E-state index contributed by atoms with van der Waals surface area (Å²) in [6.45, 7) is 4.09. The van der Waals surface area contributed by atoms with Crippen LogP contribution in [0.4, 0.5) is 5.69 Å². The lowest BCUT2D eigenvalue weighted by molar-refractivity contribution is 0.169. The van der Waals surface area contributed by atoms with E-state index in [9.17, 15) is 8.42 Å². The highest BCUT2D eigenvalue weighted by Crippen LogP contribution is 2.39. The Hall–Kier alpha value is -1.78. The number of hydrogen-bond acceptors (Lipinski definition) is 7. The van der Waals surface area contributed by atoms with Gasteiger partial charge in [0.1, 0.15) is 11.7 Å². The van der Waals surface area contributed by atoms with Crippen LogP contribution in [-0.4, -0.2) is 27.4 Å². The van der Waals surface area contributed by atoms with E-state index in [0.717, 1.165) is 54.7 Å². The van der Waals surface area contributed by atoms with Crippen LogP contribution in [-0.2, 0) is 27.1 Å². The van der Waals surface area contributed by atoms with E-state index in [1.165, 1.54) is 0 Å². The molecular formula is C20H27N3O4S2. The van der Waals surface area contributed by atoms with E-state index in [2.05, 4.69) is 4.90 Å². The number of primary sulfonamides is 1. The van der Waals surface area contributed by atoms with Crippen molar-refractivity contribution in [1.82, 2.24) is 0 Å². The highest BCUT2D eigenvalue weighted by molar-refractivity contribution is 7.96. The maximum absolute atomic E-state index is 11.9. The van der Waals surface area contributed by atoms with Crippen molar-refractivity contribution in [3.05, 3.63) is 53.1 Å². The van der Waals surface area contributed by atoms with E-state index in [4.69, 9.17) is 19.8 Å². The van der Waals surface area contributed by atoms with Gasteiger partial charge in [-0.1, -0.05) is 24.1 Å². The summed E-state index contributed by atoms with van der Waals surface area (Å²) in [6, 6.07) is 11.5. The molecule has 29 heavy (non-hydrogen) atoms. The lowest BCUT2D eigenvalue weighted by atomic mass is 10.1. The predicted molar refractivity (Wildman–Crippen MR) is 117 cm³/mol. The van der Waals surface area contributed by atoms with E-state index in [0.29, 0.717) is 29.6 Å². The lowest BCUT2D eigenvalue weighted by Crippen LogP contribution is -2.21. The molecule has 7 nitrogen and oxygen atoms in total. The molecule has 2 aromatic carbocycles. The summed E-state index contributed by atoms with van der Waals surface area (Å²) < 4.78 is 35.6. The van der Waals surface area contributed by atoms with Gasteiger partial charge in [0.25, 0.3) is 0 Å². The van der Waals surface area contributed by atoms with Gasteiger partial charge < -0.3 is 14.4 Å². The standard InChI is InChI=1S/C20H27N3O4S2/c1-15-5-4-6-18(9-15)27-20-17(13-29(22,24)25)10-16(12-26-14-28-21)11-19(20)23-7-2-3-8-23/h4-6,9-11H,2-3,7-8,12-14,21H2,1H3,(H2,22,24,25). The quantitative estimate of drug-likeness (QED) is 0.352. The Bertz CT molecular complexity index is 945. The van der Waals surface area contributed by atoms with Gasteiger partial charge in [0.05, 0.1) is 18.0 Å². The SMILES string of the molecule is Cc1cccc(Oc2c(CS(N)(=O)=O)cc(COCSN)cc2N2CCCC2)c1. The van der Waals surface area contributed by atoms with Gasteiger partial charge in [0.15, 0.2) is 5.75 Å². The maximum atomic E-state index is 11.9. The van der Waals surface area contributed by atoms with E-state index in [1.807, 2.05) is 37.3 Å². The molecule has 1 heterocycles. The van der Waals surface area contributed by atoms with Crippen LogP contribution >= 0.6 is 11.9 Å². The number of benzene rings is 2. The summed E-state index contributed by atoms with van der Waals surface area (Å²) >= 11 is 1.10. The fourth-order valence-corrected chi connectivity index (χ4v) is 4.29. The van der Waals surface area contributed by atoms with Crippen LogP contribution in [0, 0.1) is 6.92 Å². The van der Waals surface area contributed by atoms with E-state index in [1.54, 1.807) is 6.07 Å². The molecule has 0 atom stereocenters. The summed E-state index contributed by atoms with van der Waals surface area (Å²) in [6.07, 6.45) is 2.16. The van der Waals surface area contributed by atoms with Crippen LogP contribution in [0.15, 0.2) is 36.4 Å². The molecule has 1 aliphatic rings. The average molecular weight is 438 g/mol. The molecule has 1 fully saturated rings. The van der Waals surface area contributed by atoms with E-state index in [-0.39, 0.29) is 5.75 Å². The predicted octanol–water partition coefficient (Wildman–Crippen LogP) is 3.26. The Morgan fingerprint density at radius 3 is 2.59 bits per heavy atom. The largest absolute Gasteiger partial charge is 0.455 e. The second-order valence-corrected chi connectivity index (χ2v) is 9.34. The van der Waals surface area contributed by atoms with Crippen molar-refractivity contribution >= 4 is 27.7 Å². The Balaban J connectivity index is 2.07. The third-order valence-electron chi connectivity index (χ3n) is 4.64. The maximum Gasteiger partial charge on any atom is 0.213 e. The monoisotopic (exact) mass is 437 g/mol. The molecule has 9 heteroatoms. The van der Waals surface area contributed by atoms with Gasteiger partial charge in [0, 0.05) is 18.7 Å². The van der Waals surface area contributed by atoms with Crippen molar-refractivity contribution in [1.29, 1.82) is 0 Å². The van der Waals surface area contributed by atoms with Crippen LogP contribution in [0.3, 0.4) is 0 Å². The van der Waals surface area contributed by atoms with Crippen molar-refractivity contribution < 1.29 is 17.9 Å². The Labute approximate surface area is 176 Å². The third kappa shape index (κ3) is 6.35. The number of anilines is 1. The highest BCUT2D eigenvalue weighted by atomic mass is 32.2. The zero-order valence-electron chi connectivity index (χ0n) is 16.5. The molecule has 0 saturated carbocycles. The van der Waals surface area contributed by atoms with Crippen molar-refractivity contribution in [2.45, 2.75) is 32.1 Å². The fourth-order valence-electron chi connectivity index (χ4n) is 3.46. The number of ether oxygens (including phenoxy) is 2. The normalized spacial score (nSPS) is 14.4. The van der Waals surface area contributed by atoms with E-state index >= 15 is 0 Å². The van der Waals surface area contributed by atoms with Crippen LogP contribution in [0.1, 0.15) is 29.5 Å². The van der Waals surface area contributed by atoms with Gasteiger partial charge in [-0.25, -0.2) is 13.6 Å². The van der Waals surface area contributed by atoms with Crippen LogP contribution < -0.4 is 19.9 Å². The lowest BCUT2D eigenvalue weighted by Gasteiger charge is -2.25. The Morgan fingerprint density at radius 2 is 1.93 bits per heavy atom. The third-order valence-corrected chi connectivity index (χ3v) is 5.66. The summed E-state index contributed by atoms with van der Waals surface area (Å²) in [7, 11) is -3.75. The summed E-state index contributed by atoms with van der Waals surface area (Å²) in [5, 5.41) is 10.8. The molecule has 0 radical (unpaired) electrons. The molecule has 3 rings (SSSR count). The minimum absolute atomic E-state index is 0.311. The van der Waals surface area contributed by atoms with Crippen molar-refractivity contribution in [2.75, 3.05) is 23.9 Å². The second kappa shape index (κ2) is 9.82. The number of nitrogens with two attached hydrogens (primary N) is 2. The topological polar surface area (TPSA) is 108 Å². The van der Waals surface area contributed by atoms with Gasteiger partial charge in [-0.3, -0.25) is 5.14 Å². The molecule has 0 aromatic heterocycles. The van der Waals surface area contributed by atoms with Crippen molar-refractivity contribution in [3.8, 4) is 11.5 Å². The van der Waals surface area contributed by atoms with Crippen LogP contribution in [0.5, 0.6) is 11.5 Å². The summed E-state index contributed by atoms with van der Waals surface area (Å²) in [4.78, 5) is 2.22. The molecule has 0 aliphatic carbocycles. The molecule has 1 saturated heterocycles.